The smallest absolute Gasteiger partial charge is 0.229 e. The summed E-state index contributed by atoms with van der Waals surface area (Å²) < 4.78 is 61.0. The number of hydrogen-bond acceptors (Lipinski definition) is 4. The maximum Gasteiger partial charge on any atom is 0.229 e. The fourth-order valence-corrected chi connectivity index (χ4v) is 10.2. The van der Waals surface area contributed by atoms with Gasteiger partial charge in [0.1, 0.15) is 29.7 Å². The van der Waals surface area contributed by atoms with Gasteiger partial charge in [-0.2, -0.15) is 0 Å². The van der Waals surface area contributed by atoms with E-state index >= 15 is 0 Å². The van der Waals surface area contributed by atoms with Gasteiger partial charge in [0.2, 0.25) is 11.8 Å². The summed E-state index contributed by atoms with van der Waals surface area (Å²) in [5.41, 5.74) is 0.612. The monoisotopic (exact) mass is 690 g/mol. The predicted octanol–water partition coefficient (Wildman–Crippen LogP) is 7.29. The van der Waals surface area contributed by atoms with Crippen molar-refractivity contribution in [2.24, 2.45) is 21.7 Å². The molecule has 50 heavy (non-hydrogen) atoms. The minimum absolute atomic E-state index is 0.0164. The summed E-state index contributed by atoms with van der Waals surface area (Å²) >= 11 is 0. The number of nitrogens with zero attached hydrogens (tertiary/aromatic N) is 2. The van der Waals surface area contributed by atoms with E-state index < -0.39 is 17.8 Å². The third-order valence-electron chi connectivity index (χ3n) is 12.3. The molecule has 0 radical (unpaired) electrons. The second kappa shape index (κ2) is 12.1. The van der Waals surface area contributed by atoms with Gasteiger partial charge in [0, 0.05) is 24.9 Å². The molecule has 10 heteroatoms. The molecule has 2 heterocycles. The van der Waals surface area contributed by atoms with Crippen molar-refractivity contribution in [2.75, 3.05) is 26.3 Å². The molecule has 4 bridgehead atoms. The fourth-order valence-electron chi connectivity index (χ4n) is 10.2. The van der Waals surface area contributed by atoms with Crippen LogP contribution in [0.2, 0.25) is 0 Å². The van der Waals surface area contributed by atoms with Crippen LogP contribution in [0.25, 0.3) is 0 Å². The van der Waals surface area contributed by atoms with Crippen LogP contribution in [0, 0.1) is 33.3 Å². The van der Waals surface area contributed by atoms with Crippen LogP contribution in [0.15, 0.2) is 78.9 Å². The lowest BCUT2D eigenvalue weighted by atomic mass is 9.35. The summed E-state index contributed by atoms with van der Waals surface area (Å²) in [5, 5.41) is 9.32. The first kappa shape index (κ1) is 33.2. The van der Waals surface area contributed by atoms with Gasteiger partial charge in [0.15, 0.2) is 0 Å². The second-order valence-electron chi connectivity index (χ2n) is 16.1. The van der Waals surface area contributed by atoms with Gasteiger partial charge in [-0.05, 0) is 91.5 Å². The number of aliphatic hydroxyl groups is 1. The highest BCUT2D eigenvalue weighted by Gasteiger charge is 2.73. The standard InChI is InChI=1S/C23H23F2NO2.C17H19F2NO2/c24-17-6-4-5-16(9-17)20-10-18(25)11-26(20)21(27)23-12-22(13-23,14-23)15-28-19-7-2-1-3-8-19;18-12-3-1-2-11(4-12)14-5-13(19)6-20(14)15(22)17-7-16(8-17,9-17)10-21/h1-9,18,20H,10-15H2;1-4,13-14,21H,5-10H2. The molecule has 2 saturated heterocycles. The lowest BCUT2D eigenvalue weighted by Crippen LogP contribution is -2.69. The highest BCUT2D eigenvalue weighted by atomic mass is 19.1. The Hall–Kier alpha value is -3.92. The number of alkyl halides is 2. The normalized spacial score (nSPS) is 35.9. The molecule has 8 aliphatic rings. The number of carbonyl (C=O) groups is 2. The molecule has 264 valence electrons. The summed E-state index contributed by atoms with van der Waals surface area (Å²) in [7, 11) is 0. The van der Waals surface area contributed by atoms with E-state index in [4.69, 9.17) is 4.74 Å². The van der Waals surface area contributed by atoms with E-state index in [1.807, 2.05) is 30.3 Å². The summed E-state index contributed by atoms with van der Waals surface area (Å²) in [6.07, 6.45) is 2.88. The molecule has 6 aliphatic carbocycles. The Balaban J connectivity index is 0.000000149. The SMILES string of the molecule is O=C(N1CC(F)CC1c1cccc(F)c1)C12CC(CO)(C1)C2.O=C(N1CC(F)CC1c1cccc(F)c1)C12CC(COc3ccccc3)(C1)C2. The Bertz CT molecular complexity index is 1750. The molecule has 11 rings (SSSR count). The minimum Gasteiger partial charge on any atom is -0.493 e. The number of carbonyl (C=O) groups excluding carboxylic acids is 2. The van der Waals surface area contributed by atoms with Gasteiger partial charge in [-0.15, -0.1) is 0 Å². The molecular formula is C40H42F4N2O4. The van der Waals surface area contributed by atoms with Gasteiger partial charge in [0.05, 0.1) is 42.6 Å². The van der Waals surface area contributed by atoms with Crippen LogP contribution < -0.4 is 4.74 Å². The number of para-hydroxylation sites is 1. The molecule has 3 aromatic carbocycles. The van der Waals surface area contributed by atoms with E-state index in [1.165, 1.54) is 24.3 Å². The Morgan fingerprint density at radius 1 is 0.680 bits per heavy atom. The molecule has 6 saturated carbocycles. The molecular weight excluding hydrogens is 648 g/mol. The fraction of sp³-hybridized carbons (Fsp3) is 0.500. The third-order valence-corrected chi connectivity index (χ3v) is 12.3. The molecule has 3 aromatic rings. The van der Waals surface area contributed by atoms with E-state index in [0.29, 0.717) is 37.0 Å². The summed E-state index contributed by atoms with van der Waals surface area (Å²) in [6, 6.07) is 21.2. The molecule has 4 unspecified atom stereocenters. The minimum atomic E-state index is -1.06. The number of benzene rings is 3. The van der Waals surface area contributed by atoms with Gasteiger partial charge >= 0.3 is 0 Å². The largest absolute Gasteiger partial charge is 0.493 e. The van der Waals surface area contributed by atoms with Crippen molar-refractivity contribution in [1.29, 1.82) is 0 Å². The van der Waals surface area contributed by atoms with Crippen LogP contribution in [0.3, 0.4) is 0 Å². The maximum atomic E-state index is 14.2. The van der Waals surface area contributed by atoms with Gasteiger partial charge in [-0.3, -0.25) is 9.59 Å². The number of ether oxygens (including phenoxy) is 1. The van der Waals surface area contributed by atoms with Crippen LogP contribution in [-0.2, 0) is 9.59 Å². The third kappa shape index (κ3) is 5.58. The highest BCUT2D eigenvalue weighted by molar-refractivity contribution is 5.88. The predicted molar refractivity (Wildman–Crippen MR) is 177 cm³/mol. The maximum absolute atomic E-state index is 14.2. The number of hydrogen-bond donors (Lipinski definition) is 1. The molecule has 2 aliphatic heterocycles. The van der Waals surface area contributed by atoms with Crippen molar-refractivity contribution in [3.8, 4) is 5.75 Å². The molecule has 2 amide bonds. The Morgan fingerprint density at radius 3 is 1.58 bits per heavy atom. The Morgan fingerprint density at radius 2 is 1.14 bits per heavy atom. The van der Waals surface area contributed by atoms with E-state index in [2.05, 4.69) is 0 Å². The lowest BCUT2D eigenvalue weighted by molar-refractivity contribution is -0.229. The quantitative estimate of drug-likeness (QED) is 0.252. The zero-order valence-corrected chi connectivity index (χ0v) is 27.9. The van der Waals surface area contributed by atoms with Gasteiger partial charge in [-0.1, -0.05) is 42.5 Å². The summed E-state index contributed by atoms with van der Waals surface area (Å²) in [4.78, 5) is 29.3. The van der Waals surface area contributed by atoms with Crippen LogP contribution in [0.4, 0.5) is 17.6 Å². The number of aliphatic hydroxyl groups excluding tert-OH is 1. The van der Waals surface area contributed by atoms with E-state index in [1.54, 1.807) is 34.1 Å². The first-order chi connectivity index (χ1) is 24.0. The highest BCUT2D eigenvalue weighted by Crippen LogP contribution is 2.75. The van der Waals surface area contributed by atoms with Crippen molar-refractivity contribution in [2.45, 2.75) is 75.8 Å². The van der Waals surface area contributed by atoms with Gasteiger partial charge in [-0.25, -0.2) is 17.6 Å². The van der Waals surface area contributed by atoms with Crippen molar-refractivity contribution in [3.63, 3.8) is 0 Å². The molecule has 8 fully saturated rings. The second-order valence-corrected chi connectivity index (χ2v) is 16.1. The van der Waals surface area contributed by atoms with Crippen LogP contribution in [0.5, 0.6) is 5.75 Å². The van der Waals surface area contributed by atoms with E-state index in [-0.39, 0.29) is 84.3 Å². The number of amides is 2. The molecule has 0 aromatic heterocycles. The number of likely N-dealkylation sites (tertiary alicyclic amines) is 2. The van der Waals surface area contributed by atoms with Crippen LogP contribution in [-0.4, -0.2) is 65.4 Å². The molecule has 1 N–H and O–H groups in total. The number of rotatable bonds is 8. The van der Waals surface area contributed by atoms with Crippen molar-refractivity contribution < 1.29 is 37.0 Å². The van der Waals surface area contributed by atoms with Gasteiger partial charge < -0.3 is 19.6 Å². The summed E-state index contributed by atoms with van der Waals surface area (Å²) in [5.74, 6) is 0.144. The molecule has 4 atom stereocenters. The average Bonchev–Trinajstić information content (AvgIpc) is 3.62. The Labute approximate surface area is 289 Å². The molecule has 6 nitrogen and oxygen atoms in total. The van der Waals surface area contributed by atoms with Crippen molar-refractivity contribution >= 4 is 11.8 Å². The zero-order valence-electron chi connectivity index (χ0n) is 27.9. The summed E-state index contributed by atoms with van der Waals surface area (Å²) in [6.45, 7) is 0.940. The molecule has 0 spiro atoms. The average molecular weight is 691 g/mol. The zero-order chi connectivity index (χ0) is 34.9. The first-order valence-corrected chi connectivity index (χ1v) is 17.7. The van der Waals surface area contributed by atoms with Crippen molar-refractivity contribution in [3.05, 3.63) is 102 Å². The van der Waals surface area contributed by atoms with E-state index in [0.717, 1.165) is 25.0 Å². The van der Waals surface area contributed by atoms with Crippen LogP contribution in [0.1, 0.15) is 74.6 Å². The van der Waals surface area contributed by atoms with Crippen molar-refractivity contribution in [1.82, 2.24) is 9.80 Å². The number of halogens is 4. The van der Waals surface area contributed by atoms with Crippen LogP contribution >= 0.6 is 0 Å². The van der Waals surface area contributed by atoms with Gasteiger partial charge in [0.25, 0.3) is 0 Å². The Kier molecular flexibility index (Phi) is 8.04. The first-order valence-electron chi connectivity index (χ1n) is 17.7. The lowest BCUT2D eigenvalue weighted by Gasteiger charge is -2.69. The topological polar surface area (TPSA) is 70.1 Å². The van der Waals surface area contributed by atoms with E-state index in [9.17, 15) is 32.3 Å².